The van der Waals surface area contributed by atoms with Crippen LogP contribution in [-0.4, -0.2) is 4.98 Å². The van der Waals surface area contributed by atoms with E-state index in [1.54, 1.807) is 0 Å². The van der Waals surface area contributed by atoms with Gasteiger partial charge in [-0.15, -0.1) is 0 Å². The van der Waals surface area contributed by atoms with E-state index in [0.717, 1.165) is 12.1 Å². The molecule has 1 aromatic carbocycles. The molecule has 2 rings (SSSR count). The third-order valence-electron chi connectivity index (χ3n) is 2.68. The topological polar surface area (TPSA) is 38.9 Å². The maximum Gasteiger partial charge on any atom is 0.416 e. The van der Waals surface area contributed by atoms with Gasteiger partial charge in [-0.25, -0.2) is 4.39 Å². The van der Waals surface area contributed by atoms with Gasteiger partial charge in [-0.2, -0.15) is 13.2 Å². The first-order valence-corrected chi connectivity index (χ1v) is 5.43. The maximum absolute atomic E-state index is 13.5. The molecule has 0 bridgehead atoms. The van der Waals surface area contributed by atoms with E-state index in [4.69, 9.17) is 5.73 Å². The molecule has 0 spiro atoms. The van der Waals surface area contributed by atoms with Crippen molar-refractivity contribution in [3.05, 3.63) is 65.2 Å². The molecule has 2 nitrogen and oxygen atoms in total. The predicted octanol–water partition coefficient (Wildman–Crippen LogP) is 3.29. The Labute approximate surface area is 106 Å². The van der Waals surface area contributed by atoms with Gasteiger partial charge in [-0.1, -0.05) is 12.1 Å². The highest BCUT2D eigenvalue weighted by atomic mass is 19.4. The number of pyridine rings is 1. The molecule has 0 saturated carbocycles. The Morgan fingerprint density at radius 1 is 1.05 bits per heavy atom. The van der Waals surface area contributed by atoms with Gasteiger partial charge in [-0.05, 0) is 29.8 Å². The highest BCUT2D eigenvalue weighted by molar-refractivity contribution is 5.31. The van der Waals surface area contributed by atoms with Crippen LogP contribution in [0.15, 0.2) is 42.6 Å². The lowest BCUT2D eigenvalue weighted by Crippen LogP contribution is -2.15. The van der Waals surface area contributed by atoms with Gasteiger partial charge >= 0.3 is 6.18 Å². The van der Waals surface area contributed by atoms with E-state index in [1.807, 2.05) is 0 Å². The van der Waals surface area contributed by atoms with Crippen LogP contribution in [0, 0.1) is 5.82 Å². The molecule has 1 atom stereocenters. The van der Waals surface area contributed by atoms with Crippen molar-refractivity contribution in [2.75, 3.05) is 0 Å². The van der Waals surface area contributed by atoms with Crippen LogP contribution in [0.3, 0.4) is 0 Å². The molecule has 0 aliphatic carbocycles. The van der Waals surface area contributed by atoms with Gasteiger partial charge in [-0.3, -0.25) is 4.98 Å². The van der Waals surface area contributed by atoms with Crippen molar-refractivity contribution >= 4 is 0 Å². The number of rotatable bonds is 2. The number of halogens is 4. The molecule has 100 valence electrons. The van der Waals surface area contributed by atoms with Crippen LogP contribution in [0.2, 0.25) is 0 Å². The number of nitrogens with two attached hydrogens (primary N) is 1. The molecule has 0 radical (unpaired) electrons. The Bertz CT molecular complexity index is 564. The Balaban J connectivity index is 2.31. The average molecular weight is 270 g/mol. The molecule has 1 heterocycles. The van der Waals surface area contributed by atoms with E-state index >= 15 is 0 Å². The molecule has 2 N–H and O–H groups in total. The number of nitrogens with zero attached hydrogens (tertiary/aromatic N) is 1. The van der Waals surface area contributed by atoms with Gasteiger partial charge in [0, 0.05) is 6.20 Å². The van der Waals surface area contributed by atoms with Crippen molar-refractivity contribution in [2.45, 2.75) is 12.2 Å². The molecule has 0 fully saturated rings. The summed E-state index contributed by atoms with van der Waals surface area (Å²) >= 11 is 0. The largest absolute Gasteiger partial charge is 0.416 e. The van der Waals surface area contributed by atoms with E-state index in [-0.39, 0.29) is 5.69 Å². The lowest BCUT2D eigenvalue weighted by atomic mass is 10.0. The Hall–Kier alpha value is -1.95. The number of alkyl halides is 3. The van der Waals surface area contributed by atoms with E-state index in [9.17, 15) is 17.6 Å². The number of aromatic nitrogens is 1. The third kappa shape index (κ3) is 2.90. The Morgan fingerprint density at radius 3 is 2.21 bits per heavy atom. The smallest absolute Gasteiger partial charge is 0.319 e. The molecule has 19 heavy (non-hydrogen) atoms. The summed E-state index contributed by atoms with van der Waals surface area (Å²) in [4.78, 5) is 3.80. The minimum absolute atomic E-state index is 0.00209. The number of benzene rings is 1. The molecule has 0 amide bonds. The molecule has 1 aromatic heterocycles. The second-order valence-corrected chi connectivity index (χ2v) is 3.97. The normalized spacial score (nSPS) is 13.3. The minimum Gasteiger partial charge on any atom is -0.319 e. The monoisotopic (exact) mass is 270 g/mol. The molecule has 0 aliphatic rings. The average Bonchev–Trinajstić information content (AvgIpc) is 2.38. The maximum atomic E-state index is 13.5. The molecule has 0 saturated heterocycles. The van der Waals surface area contributed by atoms with Crippen molar-refractivity contribution in [3.63, 3.8) is 0 Å². The van der Waals surface area contributed by atoms with Crippen molar-refractivity contribution in [2.24, 2.45) is 5.73 Å². The summed E-state index contributed by atoms with van der Waals surface area (Å²) in [6.07, 6.45) is -3.03. The summed E-state index contributed by atoms with van der Waals surface area (Å²) in [5, 5.41) is 0. The fourth-order valence-electron chi connectivity index (χ4n) is 1.66. The van der Waals surface area contributed by atoms with Gasteiger partial charge in [0.25, 0.3) is 0 Å². The summed E-state index contributed by atoms with van der Waals surface area (Å²) in [6, 6.07) is 5.99. The number of hydrogen-bond donors (Lipinski definition) is 1. The third-order valence-corrected chi connectivity index (χ3v) is 2.68. The highest BCUT2D eigenvalue weighted by Gasteiger charge is 2.30. The Morgan fingerprint density at radius 2 is 1.68 bits per heavy atom. The first kappa shape index (κ1) is 13.5. The van der Waals surface area contributed by atoms with Gasteiger partial charge in [0.15, 0.2) is 0 Å². The standard InChI is InChI=1S/C13H10F4N2/c14-10-2-1-7-19-12(10)11(18)8-3-5-9(6-4-8)13(15,16)17/h1-7,11H,18H2. The summed E-state index contributed by atoms with van der Waals surface area (Å²) in [5.41, 5.74) is 5.39. The van der Waals surface area contributed by atoms with Crippen LogP contribution in [-0.2, 0) is 6.18 Å². The predicted molar refractivity (Wildman–Crippen MR) is 61.7 cm³/mol. The number of hydrogen-bond acceptors (Lipinski definition) is 2. The van der Waals surface area contributed by atoms with Crippen LogP contribution in [0.4, 0.5) is 17.6 Å². The molecular formula is C13H10F4N2. The quantitative estimate of drug-likeness (QED) is 0.850. The van der Waals surface area contributed by atoms with E-state index < -0.39 is 23.6 Å². The first-order valence-electron chi connectivity index (χ1n) is 5.43. The summed E-state index contributed by atoms with van der Waals surface area (Å²) in [7, 11) is 0. The fourth-order valence-corrected chi connectivity index (χ4v) is 1.66. The lowest BCUT2D eigenvalue weighted by molar-refractivity contribution is -0.137. The van der Waals surface area contributed by atoms with Crippen molar-refractivity contribution in [1.29, 1.82) is 0 Å². The van der Waals surface area contributed by atoms with Gasteiger partial charge in [0.2, 0.25) is 0 Å². The lowest BCUT2D eigenvalue weighted by Gasteiger charge is -2.13. The summed E-state index contributed by atoms with van der Waals surface area (Å²) in [5.74, 6) is -0.588. The second kappa shape index (κ2) is 4.97. The van der Waals surface area contributed by atoms with Crippen LogP contribution < -0.4 is 5.73 Å². The van der Waals surface area contributed by atoms with Gasteiger partial charge < -0.3 is 5.73 Å². The van der Waals surface area contributed by atoms with Crippen LogP contribution in [0.25, 0.3) is 0 Å². The fraction of sp³-hybridized carbons (Fsp3) is 0.154. The van der Waals surface area contributed by atoms with Crippen LogP contribution >= 0.6 is 0 Å². The first-order chi connectivity index (χ1) is 8.89. The van der Waals surface area contributed by atoms with Gasteiger partial charge in [0.05, 0.1) is 17.3 Å². The molecule has 2 aromatic rings. The van der Waals surface area contributed by atoms with Crippen molar-refractivity contribution in [3.8, 4) is 0 Å². The van der Waals surface area contributed by atoms with Crippen molar-refractivity contribution < 1.29 is 17.6 Å². The molecule has 0 aliphatic heterocycles. The van der Waals surface area contributed by atoms with Crippen LogP contribution in [0.1, 0.15) is 22.9 Å². The van der Waals surface area contributed by atoms with Gasteiger partial charge in [0.1, 0.15) is 5.82 Å². The zero-order valence-corrected chi connectivity index (χ0v) is 9.66. The van der Waals surface area contributed by atoms with E-state index in [2.05, 4.69) is 4.98 Å². The minimum atomic E-state index is -4.40. The van der Waals surface area contributed by atoms with E-state index in [0.29, 0.717) is 5.56 Å². The molecule has 1 unspecified atom stereocenters. The zero-order chi connectivity index (χ0) is 14.0. The van der Waals surface area contributed by atoms with E-state index in [1.165, 1.54) is 30.5 Å². The Kier molecular flexibility index (Phi) is 3.53. The van der Waals surface area contributed by atoms with Crippen molar-refractivity contribution in [1.82, 2.24) is 4.98 Å². The molecular weight excluding hydrogens is 260 g/mol. The second-order valence-electron chi connectivity index (χ2n) is 3.97. The zero-order valence-electron chi connectivity index (χ0n) is 9.66. The highest BCUT2D eigenvalue weighted by Crippen LogP contribution is 2.30. The summed E-state index contributed by atoms with van der Waals surface area (Å²) in [6.45, 7) is 0. The molecule has 6 heteroatoms. The summed E-state index contributed by atoms with van der Waals surface area (Å²) < 4.78 is 50.7. The van der Waals surface area contributed by atoms with Crippen LogP contribution in [0.5, 0.6) is 0 Å². The SMILES string of the molecule is NC(c1ccc(C(F)(F)F)cc1)c1ncccc1F.